The fourth-order valence-electron chi connectivity index (χ4n) is 4.71. The van der Waals surface area contributed by atoms with Crippen LogP contribution in [0.1, 0.15) is 36.5 Å². The largest absolute Gasteiger partial charge is 0.488 e. The Bertz CT molecular complexity index is 1110. The van der Waals surface area contributed by atoms with E-state index in [4.69, 9.17) is 9.47 Å². The van der Waals surface area contributed by atoms with Crippen LogP contribution in [0, 0.1) is 5.92 Å². The number of rotatable bonds is 7. The van der Waals surface area contributed by atoms with Gasteiger partial charge in [0.1, 0.15) is 18.5 Å². The summed E-state index contributed by atoms with van der Waals surface area (Å²) in [7, 11) is 0. The van der Waals surface area contributed by atoms with Gasteiger partial charge in [0.2, 0.25) is 0 Å². The molecular formula is C28H30N2O3. The van der Waals surface area contributed by atoms with Gasteiger partial charge in [0.15, 0.2) is 0 Å². The molecule has 33 heavy (non-hydrogen) atoms. The lowest BCUT2D eigenvalue weighted by molar-refractivity contribution is 0.136. The van der Waals surface area contributed by atoms with Crippen molar-refractivity contribution in [2.24, 2.45) is 5.92 Å². The SMILES string of the molecule is CC(C)CNc1ccc2c(c1)CC(CNC(=O)OCC1c3ccccc3-c3ccccc31)O2. The lowest BCUT2D eigenvalue weighted by atomic mass is 9.98. The first-order valence-electron chi connectivity index (χ1n) is 11.7. The molecule has 1 heterocycles. The Morgan fingerprint density at radius 3 is 2.42 bits per heavy atom. The summed E-state index contributed by atoms with van der Waals surface area (Å²) in [5.41, 5.74) is 7.15. The first kappa shape index (κ1) is 21.4. The van der Waals surface area contributed by atoms with Crippen LogP contribution in [0.3, 0.4) is 0 Å². The maximum Gasteiger partial charge on any atom is 0.407 e. The highest BCUT2D eigenvalue weighted by Crippen LogP contribution is 2.44. The number of hydrogen-bond donors (Lipinski definition) is 2. The summed E-state index contributed by atoms with van der Waals surface area (Å²) < 4.78 is 11.6. The van der Waals surface area contributed by atoms with Crippen molar-refractivity contribution < 1.29 is 14.3 Å². The van der Waals surface area contributed by atoms with Crippen molar-refractivity contribution in [1.82, 2.24) is 5.32 Å². The second kappa shape index (κ2) is 9.18. The number of fused-ring (bicyclic) bond motifs is 4. The minimum absolute atomic E-state index is 0.0619. The van der Waals surface area contributed by atoms with E-state index in [2.05, 4.69) is 66.9 Å². The summed E-state index contributed by atoms with van der Waals surface area (Å²) in [4.78, 5) is 12.5. The van der Waals surface area contributed by atoms with Crippen molar-refractivity contribution in [3.05, 3.63) is 83.4 Å². The van der Waals surface area contributed by atoms with Crippen molar-refractivity contribution in [3.8, 4) is 16.9 Å². The van der Waals surface area contributed by atoms with E-state index in [1.54, 1.807) is 0 Å². The summed E-state index contributed by atoms with van der Waals surface area (Å²) in [5, 5.41) is 6.34. The van der Waals surface area contributed by atoms with Gasteiger partial charge in [0, 0.05) is 24.6 Å². The van der Waals surface area contributed by atoms with Gasteiger partial charge in [0.25, 0.3) is 0 Å². The highest BCUT2D eigenvalue weighted by atomic mass is 16.5. The molecule has 170 valence electrons. The topological polar surface area (TPSA) is 59.6 Å². The Morgan fingerprint density at radius 1 is 1.03 bits per heavy atom. The highest BCUT2D eigenvalue weighted by Gasteiger charge is 2.29. The number of alkyl carbamates (subject to hydrolysis) is 1. The number of hydrogen-bond acceptors (Lipinski definition) is 4. The number of carbonyl (C=O) groups excluding carboxylic acids is 1. The summed E-state index contributed by atoms with van der Waals surface area (Å²) in [5.74, 6) is 1.54. The summed E-state index contributed by atoms with van der Waals surface area (Å²) in [6.45, 7) is 6.05. The van der Waals surface area contributed by atoms with E-state index in [0.29, 0.717) is 19.1 Å². The Labute approximate surface area is 195 Å². The molecule has 5 nitrogen and oxygen atoms in total. The maximum atomic E-state index is 12.5. The molecule has 0 radical (unpaired) electrons. The molecule has 0 aromatic heterocycles. The van der Waals surface area contributed by atoms with Gasteiger partial charge < -0.3 is 20.1 Å². The van der Waals surface area contributed by atoms with Crippen LogP contribution < -0.4 is 15.4 Å². The molecule has 3 aromatic rings. The maximum absolute atomic E-state index is 12.5. The Morgan fingerprint density at radius 2 is 1.73 bits per heavy atom. The minimum Gasteiger partial charge on any atom is -0.488 e. The van der Waals surface area contributed by atoms with E-state index in [1.807, 2.05) is 24.3 Å². The smallest absolute Gasteiger partial charge is 0.407 e. The molecule has 3 aromatic carbocycles. The number of nitrogens with one attached hydrogen (secondary N) is 2. The van der Waals surface area contributed by atoms with E-state index in [9.17, 15) is 4.79 Å². The lowest BCUT2D eigenvalue weighted by Gasteiger charge is -2.16. The van der Waals surface area contributed by atoms with Crippen LogP contribution in [0.4, 0.5) is 10.5 Å². The van der Waals surface area contributed by atoms with E-state index in [-0.39, 0.29) is 12.0 Å². The van der Waals surface area contributed by atoms with Crippen LogP contribution in [-0.2, 0) is 11.2 Å². The number of benzene rings is 3. The molecule has 0 bridgehead atoms. The van der Waals surface area contributed by atoms with Crippen LogP contribution in [0.2, 0.25) is 0 Å². The van der Waals surface area contributed by atoms with Crippen LogP contribution in [0.25, 0.3) is 11.1 Å². The van der Waals surface area contributed by atoms with Gasteiger partial charge in [-0.2, -0.15) is 0 Å². The van der Waals surface area contributed by atoms with Crippen molar-refractivity contribution in [1.29, 1.82) is 0 Å². The Kier molecular flexibility index (Phi) is 5.95. The van der Waals surface area contributed by atoms with Gasteiger partial charge in [-0.3, -0.25) is 0 Å². The molecule has 1 aliphatic heterocycles. The highest BCUT2D eigenvalue weighted by molar-refractivity contribution is 5.79. The molecule has 1 aliphatic carbocycles. The third kappa shape index (κ3) is 4.54. The van der Waals surface area contributed by atoms with Gasteiger partial charge in [0.05, 0.1) is 6.54 Å². The van der Waals surface area contributed by atoms with Gasteiger partial charge >= 0.3 is 6.09 Å². The van der Waals surface area contributed by atoms with E-state index in [0.717, 1.165) is 24.4 Å². The zero-order valence-electron chi connectivity index (χ0n) is 19.1. The predicted octanol–water partition coefficient (Wildman–Crippen LogP) is 5.60. The first-order chi connectivity index (χ1) is 16.1. The fraction of sp³-hybridized carbons (Fsp3) is 0.321. The number of carbonyl (C=O) groups is 1. The number of amides is 1. The molecule has 5 rings (SSSR count). The van der Waals surface area contributed by atoms with Crippen molar-refractivity contribution in [2.75, 3.05) is 25.0 Å². The van der Waals surface area contributed by atoms with E-state index in [1.165, 1.54) is 27.8 Å². The molecule has 0 saturated heterocycles. The monoisotopic (exact) mass is 442 g/mol. The lowest BCUT2D eigenvalue weighted by Crippen LogP contribution is -2.35. The Balaban J connectivity index is 1.14. The number of anilines is 1. The van der Waals surface area contributed by atoms with Crippen molar-refractivity contribution >= 4 is 11.8 Å². The van der Waals surface area contributed by atoms with Crippen LogP contribution >= 0.6 is 0 Å². The molecule has 1 unspecified atom stereocenters. The quantitative estimate of drug-likeness (QED) is 0.500. The standard InChI is InChI=1S/C28H30N2O3/c1-18(2)15-29-20-11-12-27-19(13-20)14-21(33-27)16-30-28(31)32-17-26-24-9-5-3-7-22(24)23-8-4-6-10-25(23)26/h3-13,18,21,26,29H,14-17H2,1-2H3,(H,30,31). The second-order valence-electron chi connectivity index (χ2n) is 9.25. The van der Waals surface area contributed by atoms with Gasteiger partial charge in [-0.25, -0.2) is 4.79 Å². The third-order valence-corrected chi connectivity index (χ3v) is 6.33. The Hall–Kier alpha value is -3.47. The molecule has 0 saturated carbocycles. The second-order valence-corrected chi connectivity index (χ2v) is 9.25. The average Bonchev–Trinajstić information content (AvgIpc) is 3.38. The molecule has 1 atom stereocenters. The van der Waals surface area contributed by atoms with Gasteiger partial charge in [-0.1, -0.05) is 62.4 Å². The van der Waals surface area contributed by atoms with Gasteiger partial charge in [-0.15, -0.1) is 0 Å². The average molecular weight is 443 g/mol. The number of ether oxygens (including phenoxy) is 2. The molecule has 1 amide bonds. The molecule has 5 heteroatoms. The zero-order valence-corrected chi connectivity index (χ0v) is 19.1. The predicted molar refractivity (Wildman–Crippen MR) is 131 cm³/mol. The summed E-state index contributed by atoms with van der Waals surface area (Å²) in [6, 6.07) is 22.9. The van der Waals surface area contributed by atoms with Gasteiger partial charge in [-0.05, 0) is 51.9 Å². The normalized spacial score (nSPS) is 16.0. The third-order valence-electron chi connectivity index (χ3n) is 6.33. The summed E-state index contributed by atoms with van der Waals surface area (Å²) in [6.07, 6.45) is 0.285. The molecule has 0 fully saturated rings. The van der Waals surface area contributed by atoms with Crippen molar-refractivity contribution in [3.63, 3.8) is 0 Å². The fourth-order valence-corrected chi connectivity index (χ4v) is 4.71. The molecule has 2 aliphatic rings. The first-order valence-corrected chi connectivity index (χ1v) is 11.7. The van der Waals surface area contributed by atoms with Crippen molar-refractivity contribution in [2.45, 2.75) is 32.3 Å². The van der Waals surface area contributed by atoms with Crippen LogP contribution in [0.15, 0.2) is 66.7 Å². The molecule has 2 N–H and O–H groups in total. The van der Waals surface area contributed by atoms with Crippen LogP contribution in [0.5, 0.6) is 5.75 Å². The van der Waals surface area contributed by atoms with Crippen LogP contribution in [-0.4, -0.2) is 31.9 Å². The van der Waals surface area contributed by atoms with E-state index >= 15 is 0 Å². The molecular weight excluding hydrogens is 412 g/mol. The summed E-state index contributed by atoms with van der Waals surface area (Å²) >= 11 is 0. The zero-order chi connectivity index (χ0) is 22.8. The molecule has 0 spiro atoms. The van der Waals surface area contributed by atoms with E-state index < -0.39 is 6.09 Å². The minimum atomic E-state index is -0.407.